The minimum absolute atomic E-state index is 0.0223. The molecule has 1 aromatic rings. The van der Waals surface area contributed by atoms with Crippen LogP contribution in [-0.2, 0) is 0 Å². The highest BCUT2D eigenvalue weighted by molar-refractivity contribution is 5.39. The van der Waals surface area contributed by atoms with Crippen LogP contribution in [0.5, 0.6) is 5.75 Å². The van der Waals surface area contributed by atoms with Crippen molar-refractivity contribution in [3.05, 3.63) is 29.3 Å². The van der Waals surface area contributed by atoms with Gasteiger partial charge < -0.3 is 10.5 Å². The van der Waals surface area contributed by atoms with Crippen LogP contribution in [0.1, 0.15) is 57.2 Å². The van der Waals surface area contributed by atoms with Crippen LogP contribution in [0.15, 0.2) is 18.2 Å². The molecule has 0 radical (unpaired) electrons. The van der Waals surface area contributed by atoms with E-state index in [9.17, 15) is 0 Å². The number of aryl methyl sites for hydroxylation is 1. The summed E-state index contributed by atoms with van der Waals surface area (Å²) in [7, 11) is 0. The molecule has 1 aliphatic rings. The van der Waals surface area contributed by atoms with Gasteiger partial charge in [-0.05, 0) is 56.6 Å². The van der Waals surface area contributed by atoms with Crippen molar-refractivity contribution in [1.82, 2.24) is 0 Å². The number of hydrogen-bond acceptors (Lipinski definition) is 2. The molecular weight excluding hydrogens is 234 g/mol. The fourth-order valence-electron chi connectivity index (χ4n) is 3.27. The average Bonchev–Trinajstić information content (AvgIpc) is 2.26. The van der Waals surface area contributed by atoms with E-state index in [4.69, 9.17) is 10.5 Å². The minimum Gasteiger partial charge on any atom is -0.490 e. The Kier molecular flexibility index (Phi) is 4.51. The first-order valence-electron chi connectivity index (χ1n) is 7.48. The second kappa shape index (κ2) is 5.96. The van der Waals surface area contributed by atoms with Gasteiger partial charge in [0.05, 0.1) is 6.10 Å². The number of nitrogens with two attached hydrogens (primary N) is 1. The molecule has 0 bridgehead atoms. The number of benzene rings is 1. The Balaban J connectivity index is 2.15. The van der Waals surface area contributed by atoms with Gasteiger partial charge >= 0.3 is 0 Å². The van der Waals surface area contributed by atoms with Crippen molar-refractivity contribution in [2.75, 3.05) is 0 Å². The molecule has 1 aliphatic carbocycles. The SMILES string of the molecule is Cc1ccc([C@H](C)N)c(OC2CC(C)CC(C)C2)c1. The van der Waals surface area contributed by atoms with Crippen molar-refractivity contribution in [2.24, 2.45) is 17.6 Å². The van der Waals surface area contributed by atoms with Crippen LogP contribution in [0.25, 0.3) is 0 Å². The third-order valence-electron chi connectivity index (χ3n) is 4.09. The lowest BCUT2D eigenvalue weighted by atomic mass is 9.82. The van der Waals surface area contributed by atoms with Crippen molar-refractivity contribution in [2.45, 2.75) is 59.1 Å². The van der Waals surface area contributed by atoms with E-state index in [0.717, 1.165) is 36.0 Å². The Labute approximate surface area is 117 Å². The monoisotopic (exact) mass is 261 g/mol. The molecular formula is C17H27NO. The van der Waals surface area contributed by atoms with E-state index in [1.807, 2.05) is 6.92 Å². The molecule has 1 aromatic carbocycles. The Morgan fingerprint density at radius 3 is 2.37 bits per heavy atom. The molecule has 2 nitrogen and oxygen atoms in total. The maximum absolute atomic E-state index is 6.29. The molecule has 0 saturated heterocycles. The van der Waals surface area contributed by atoms with Crippen LogP contribution < -0.4 is 10.5 Å². The standard InChI is InChI=1S/C17H27NO/c1-11-5-6-16(14(4)18)17(10-11)19-15-8-12(2)7-13(3)9-15/h5-6,10,12-15H,7-9,18H2,1-4H3/t12?,13?,14-,15?/m0/s1. The van der Waals surface area contributed by atoms with E-state index in [2.05, 4.69) is 39.0 Å². The highest BCUT2D eigenvalue weighted by Gasteiger charge is 2.26. The molecule has 2 rings (SSSR count). The van der Waals surface area contributed by atoms with E-state index >= 15 is 0 Å². The molecule has 0 spiro atoms. The molecule has 3 atom stereocenters. The summed E-state index contributed by atoms with van der Waals surface area (Å²) in [6, 6.07) is 6.36. The van der Waals surface area contributed by atoms with Gasteiger partial charge in [-0.1, -0.05) is 26.0 Å². The highest BCUT2D eigenvalue weighted by Crippen LogP contribution is 2.33. The van der Waals surface area contributed by atoms with Crippen LogP contribution in [0.4, 0.5) is 0 Å². The Bertz CT molecular complexity index is 417. The lowest BCUT2D eigenvalue weighted by Crippen LogP contribution is -2.29. The van der Waals surface area contributed by atoms with Crippen LogP contribution in [0.3, 0.4) is 0 Å². The second-order valence-corrected chi connectivity index (χ2v) is 6.49. The van der Waals surface area contributed by atoms with Crippen molar-refractivity contribution < 1.29 is 4.74 Å². The molecule has 2 N–H and O–H groups in total. The van der Waals surface area contributed by atoms with Gasteiger partial charge in [-0.2, -0.15) is 0 Å². The first-order chi connectivity index (χ1) is 8.95. The zero-order valence-corrected chi connectivity index (χ0v) is 12.6. The fourth-order valence-corrected chi connectivity index (χ4v) is 3.27. The van der Waals surface area contributed by atoms with Crippen LogP contribution in [0, 0.1) is 18.8 Å². The smallest absolute Gasteiger partial charge is 0.124 e. The molecule has 106 valence electrons. The van der Waals surface area contributed by atoms with Crippen molar-refractivity contribution in [3.63, 3.8) is 0 Å². The summed E-state index contributed by atoms with van der Waals surface area (Å²) in [5.41, 5.74) is 8.40. The molecule has 2 unspecified atom stereocenters. The van der Waals surface area contributed by atoms with Crippen molar-refractivity contribution in [1.29, 1.82) is 0 Å². The first kappa shape index (κ1) is 14.4. The molecule has 2 heteroatoms. The lowest BCUT2D eigenvalue weighted by Gasteiger charge is -2.32. The van der Waals surface area contributed by atoms with E-state index < -0.39 is 0 Å². The zero-order valence-electron chi connectivity index (χ0n) is 12.6. The summed E-state index contributed by atoms with van der Waals surface area (Å²) in [5, 5.41) is 0. The van der Waals surface area contributed by atoms with Gasteiger partial charge in [0, 0.05) is 11.6 Å². The summed E-state index contributed by atoms with van der Waals surface area (Å²) in [5.74, 6) is 2.51. The average molecular weight is 261 g/mol. The van der Waals surface area contributed by atoms with Crippen molar-refractivity contribution in [3.8, 4) is 5.75 Å². The third kappa shape index (κ3) is 3.73. The molecule has 1 fully saturated rings. The van der Waals surface area contributed by atoms with Crippen molar-refractivity contribution >= 4 is 0 Å². The molecule has 0 amide bonds. The van der Waals surface area contributed by atoms with Gasteiger partial charge in [0.2, 0.25) is 0 Å². The summed E-state index contributed by atoms with van der Waals surface area (Å²) in [6.07, 6.45) is 4.00. The van der Waals surface area contributed by atoms with Gasteiger partial charge in [-0.25, -0.2) is 0 Å². The van der Waals surface area contributed by atoms with E-state index in [0.29, 0.717) is 6.10 Å². The Morgan fingerprint density at radius 2 is 1.79 bits per heavy atom. The van der Waals surface area contributed by atoms with Gasteiger partial charge in [0.15, 0.2) is 0 Å². The topological polar surface area (TPSA) is 35.2 Å². The van der Waals surface area contributed by atoms with E-state index in [1.165, 1.54) is 12.0 Å². The summed E-state index contributed by atoms with van der Waals surface area (Å²) in [6.45, 7) is 8.77. The highest BCUT2D eigenvalue weighted by atomic mass is 16.5. The summed E-state index contributed by atoms with van der Waals surface area (Å²) < 4.78 is 6.29. The third-order valence-corrected chi connectivity index (χ3v) is 4.09. The number of rotatable bonds is 3. The van der Waals surface area contributed by atoms with Crippen LogP contribution >= 0.6 is 0 Å². The van der Waals surface area contributed by atoms with Crippen LogP contribution in [-0.4, -0.2) is 6.10 Å². The maximum Gasteiger partial charge on any atom is 0.124 e. The minimum atomic E-state index is 0.0223. The normalized spacial score (nSPS) is 29.0. The maximum atomic E-state index is 6.29. The van der Waals surface area contributed by atoms with Gasteiger partial charge in [0.1, 0.15) is 5.75 Å². The number of hydrogen-bond donors (Lipinski definition) is 1. The predicted molar refractivity (Wildman–Crippen MR) is 80.4 cm³/mol. The quantitative estimate of drug-likeness (QED) is 0.884. The first-order valence-corrected chi connectivity index (χ1v) is 7.48. The predicted octanol–water partition coefficient (Wildman–Crippen LogP) is 4.22. The second-order valence-electron chi connectivity index (χ2n) is 6.49. The summed E-state index contributed by atoms with van der Waals surface area (Å²) in [4.78, 5) is 0. The van der Waals surface area contributed by atoms with Gasteiger partial charge in [-0.15, -0.1) is 0 Å². The molecule has 19 heavy (non-hydrogen) atoms. The van der Waals surface area contributed by atoms with E-state index in [1.54, 1.807) is 0 Å². The van der Waals surface area contributed by atoms with Gasteiger partial charge in [-0.3, -0.25) is 0 Å². The molecule has 0 heterocycles. The molecule has 0 aliphatic heterocycles. The summed E-state index contributed by atoms with van der Waals surface area (Å²) >= 11 is 0. The van der Waals surface area contributed by atoms with E-state index in [-0.39, 0.29) is 6.04 Å². The Hall–Kier alpha value is -1.02. The Morgan fingerprint density at radius 1 is 1.16 bits per heavy atom. The largest absolute Gasteiger partial charge is 0.490 e. The number of ether oxygens (including phenoxy) is 1. The lowest BCUT2D eigenvalue weighted by molar-refractivity contribution is 0.0997. The molecule has 1 saturated carbocycles. The van der Waals surface area contributed by atoms with Crippen LogP contribution in [0.2, 0.25) is 0 Å². The fraction of sp³-hybridized carbons (Fsp3) is 0.647. The zero-order chi connectivity index (χ0) is 14.0. The van der Waals surface area contributed by atoms with Gasteiger partial charge in [0.25, 0.3) is 0 Å². The molecule has 0 aromatic heterocycles.